The van der Waals surface area contributed by atoms with Crippen molar-refractivity contribution in [3.05, 3.63) is 77.1 Å². The number of rotatable bonds is 6. The Morgan fingerprint density at radius 3 is 2.67 bits per heavy atom. The van der Waals surface area contributed by atoms with Crippen molar-refractivity contribution in [3.63, 3.8) is 0 Å². The lowest BCUT2D eigenvalue weighted by Gasteiger charge is -2.14. The normalized spacial score (nSPS) is 11.7. The first kappa shape index (κ1) is 24.0. The maximum atomic E-state index is 15.5. The molecule has 1 aromatic carbocycles. The molecule has 0 spiro atoms. The zero-order chi connectivity index (χ0) is 25.6. The summed E-state index contributed by atoms with van der Waals surface area (Å²) in [6.45, 7) is 0. The monoisotopic (exact) mass is 550 g/mol. The Labute approximate surface area is 212 Å². The van der Waals surface area contributed by atoms with Crippen molar-refractivity contribution >= 4 is 44.4 Å². The van der Waals surface area contributed by atoms with Crippen LogP contribution in [0.15, 0.2) is 60.1 Å². The first-order valence-electron chi connectivity index (χ1n) is 10.1. The number of fused-ring (bicyclic) bond motifs is 1. The number of methoxy groups -OCH3 is 1. The van der Waals surface area contributed by atoms with E-state index in [2.05, 4.69) is 24.7 Å². The summed E-state index contributed by atoms with van der Waals surface area (Å²) in [5.74, 6) is -1.83. The van der Waals surface area contributed by atoms with E-state index < -0.39 is 37.8 Å². The standard InChI is InChI=1S/C22H14Cl2F2N6O3S/c1-35-22-16(6-12(23)7-28-22)36(33,34)31-14-4-3-13(25)18(19(14)26)11-2-5-15-20(29-10-32(15)9-11)21-27-8-17(24)30-21/h2-10,31H,1H3,(H,27,30). The third-order valence-corrected chi connectivity index (χ3v) is 6.95. The number of H-pyrrole nitrogens is 1. The minimum absolute atomic E-state index is 0.0289. The highest BCUT2D eigenvalue weighted by Gasteiger charge is 2.25. The van der Waals surface area contributed by atoms with Crippen LogP contribution in [-0.2, 0) is 10.0 Å². The van der Waals surface area contributed by atoms with Gasteiger partial charge in [-0.05, 0) is 24.3 Å². The molecule has 36 heavy (non-hydrogen) atoms. The number of benzene rings is 1. The average Bonchev–Trinajstić information content (AvgIpc) is 3.46. The number of imidazole rings is 2. The van der Waals surface area contributed by atoms with E-state index in [0.717, 1.165) is 18.2 Å². The molecule has 0 atom stereocenters. The zero-order valence-electron chi connectivity index (χ0n) is 18.1. The van der Waals surface area contributed by atoms with Crippen LogP contribution < -0.4 is 9.46 Å². The molecule has 2 N–H and O–H groups in total. The number of nitrogens with zero attached hydrogens (tertiary/aromatic N) is 4. The Balaban J connectivity index is 1.55. The van der Waals surface area contributed by atoms with Crippen molar-refractivity contribution in [3.8, 4) is 28.5 Å². The van der Waals surface area contributed by atoms with Crippen LogP contribution in [0.2, 0.25) is 10.2 Å². The van der Waals surface area contributed by atoms with Gasteiger partial charge in [-0.25, -0.2) is 32.2 Å². The summed E-state index contributed by atoms with van der Waals surface area (Å²) in [6, 6.07) is 6.12. The van der Waals surface area contributed by atoms with Gasteiger partial charge in [0.1, 0.15) is 23.0 Å². The van der Waals surface area contributed by atoms with Crippen molar-refractivity contribution in [1.29, 1.82) is 0 Å². The fraction of sp³-hybridized carbons (Fsp3) is 0.0455. The number of aromatic amines is 1. The molecule has 4 aromatic heterocycles. The number of halogens is 4. The third-order valence-electron chi connectivity index (χ3n) is 5.19. The summed E-state index contributed by atoms with van der Waals surface area (Å²) in [7, 11) is -3.17. The molecule has 9 nitrogen and oxygen atoms in total. The van der Waals surface area contributed by atoms with E-state index in [1.807, 2.05) is 0 Å². The van der Waals surface area contributed by atoms with Crippen molar-refractivity contribution in [1.82, 2.24) is 24.3 Å². The average molecular weight is 551 g/mol. The van der Waals surface area contributed by atoms with E-state index in [1.165, 1.54) is 38.1 Å². The maximum Gasteiger partial charge on any atom is 0.267 e. The molecular formula is C22H14Cl2F2N6O3S. The number of hydrogen-bond donors (Lipinski definition) is 2. The van der Waals surface area contributed by atoms with Gasteiger partial charge in [-0.1, -0.05) is 29.3 Å². The Hall–Kier alpha value is -3.74. The molecule has 0 fully saturated rings. The molecule has 0 saturated carbocycles. The highest BCUT2D eigenvalue weighted by molar-refractivity contribution is 7.92. The van der Waals surface area contributed by atoms with E-state index in [1.54, 1.807) is 10.5 Å². The van der Waals surface area contributed by atoms with Crippen LogP contribution in [0.1, 0.15) is 0 Å². The van der Waals surface area contributed by atoms with Gasteiger partial charge in [0.25, 0.3) is 10.0 Å². The molecule has 4 heterocycles. The molecular weight excluding hydrogens is 537 g/mol. The van der Waals surface area contributed by atoms with Gasteiger partial charge in [0.05, 0.1) is 28.9 Å². The highest BCUT2D eigenvalue weighted by atomic mass is 35.5. The SMILES string of the molecule is COc1ncc(Cl)cc1S(=O)(=O)Nc1ccc(F)c(-c2ccc3c(-c4nc(Cl)c[nH]4)ncn3c2)c1F. The quantitative estimate of drug-likeness (QED) is 0.301. The Morgan fingerprint density at radius 1 is 1.14 bits per heavy atom. The van der Waals surface area contributed by atoms with Gasteiger partial charge in [0.2, 0.25) is 5.88 Å². The van der Waals surface area contributed by atoms with E-state index >= 15 is 4.39 Å². The van der Waals surface area contributed by atoms with Gasteiger partial charge >= 0.3 is 0 Å². The smallest absolute Gasteiger partial charge is 0.267 e. The number of ether oxygens (including phenoxy) is 1. The second kappa shape index (κ2) is 9.04. The predicted molar refractivity (Wildman–Crippen MR) is 130 cm³/mol. The molecule has 0 aliphatic rings. The molecule has 0 bridgehead atoms. The molecule has 5 rings (SSSR count). The number of aromatic nitrogens is 5. The summed E-state index contributed by atoms with van der Waals surface area (Å²) in [5, 5.41) is 0.290. The molecule has 14 heteroatoms. The molecule has 0 amide bonds. The van der Waals surface area contributed by atoms with E-state index in [4.69, 9.17) is 27.9 Å². The van der Waals surface area contributed by atoms with Gasteiger partial charge in [-0.3, -0.25) is 4.72 Å². The van der Waals surface area contributed by atoms with E-state index in [0.29, 0.717) is 17.0 Å². The van der Waals surface area contributed by atoms with E-state index in [-0.39, 0.29) is 21.6 Å². The number of pyridine rings is 2. The number of nitrogens with one attached hydrogen (secondary N) is 2. The summed E-state index contributed by atoms with van der Waals surface area (Å²) in [5.41, 5.74) is 0.305. The van der Waals surface area contributed by atoms with Crippen LogP contribution in [-0.4, -0.2) is 39.9 Å². The van der Waals surface area contributed by atoms with Crippen molar-refractivity contribution in [2.24, 2.45) is 0 Å². The fourth-order valence-corrected chi connectivity index (χ4v) is 5.17. The summed E-state index contributed by atoms with van der Waals surface area (Å²) < 4.78 is 64.9. The topological polar surface area (TPSA) is 114 Å². The highest BCUT2D eigenvalue weighted by Crippen LogP contribution is 2.34. The van der Waals surface area contributed by atoms with Gasteiger partial charge in [0, 0.05) is 24.2 Å². The van der Waals surface area contributed by atoms with Gasteiger partial charge in [0.15, 0.2) is 16.5 Å². The van der Waals surface area contributed by atoms with E-state index in [9.17, 15) is 12.8 Å². The molecule has 184 valence electrons. The Bertz CT molecular complexity index is 1740. The largest absolute Gasteiger partial charge is 0.480 e. The molecule has 0 radical (unpaired) electrons. The van der Waals surface area contributed by atoms with Crippen LogP contribution in [0.5, 0.6) is 5.88 Å². The number of anilines is 1. The van der Waals surface area contributed by atoms with Crippen LogP contribution in [0, 0.1) is 11.6 Å². The van der Waals surface area contributed by atoms with Crippen molar-refractivity contribution in [2.45, 2.75) is 4.90 Å². The number of hydrogen-bond acceptors (Lipinski definition) is 6. The zero-order valence-corrected chi connectivity index (χ0v) is 20.5. The summed E-state index contributed by atoms with van der Waals surface area (Å²) >= 11 is 11.7. The minimum atomic E-state index is -4.39. The first-order chi connectivity index (χ1) is 17.2. The lowest BCUT2D eigenvalue weighted by atomic mass is 10.0. The van der Waals surface area contributed by atoms with Gasteiger partial charge < -0.3 is 14.1 Å². The Kier molecular flexibility index (Phi) is 6.02. The third kappa shape index (κ3) is 4.23. The number of sulfonamides is 1. The second-order valence-electron chi connectivity index (χ2n) is 7.43. The second-order valence-corrected chi connectivity index (χ2v) is 9.90. The molecule has 0 aliphatic heterocycles. The van der Waals surface area contributed by atoms with Crippen molar-refractivity contribution in [2.75, 3.05) is 11.8 Å². The van der Waals surface area contributed by atoms with Crippen LogP contribution >= 0.6 is 23.2 Å². The van der Waals surface area contributed by atoms with Gasteiger partial charge in [-0.2, -0.15) is 0 Å². The van der Waals surface area contributed by atoms with Crippen molar-refractivity contribution < 1.29 is 21.9 Å². The first-order valence-corrected chi connectivity index (χ1v) is 12.3. The van der Waals surface area contributed by atoms with Crippen LogP contribution in [0.4, 0.5) is 14.5 Å². The molecule has 0 unspecified atom stereocenters. The van der Waals surface area contributed by atoms with Gasteiger partial charge in [-0.15, -0.1) is 0 Å². The predicted octanol–water partition coefficient (Wildman–Crippen LogP) is 5.18. The maximum absolute atomic E-state index is 15.5. The lowest BCUT2D eigenvalue weighted by Crippen LogP contribution is -2.16. The molecule has 0 saturated heterocycles. The fourth-order valence-electron chi connectivity index (χ4n) is 3.60. The van der Waals surface area contributed by atoms with Crippen LogP contribution in [0.3, 0.4) is 0 Å². The van der Waals surface area contributed by atoms with Crippen LogP contribution in [0.25, 0.3) is 28.2 Å². The minimum Gasteiger partial charge on any atom is -0.480 e. The summed E-state index contributed by atoms with van der Waals surface area (Å²) in [6.07, 6.45) is 5.61. The Morgan fingerprint density at radius 2 is 1.94 bits per heavy atom. The lowest BCUT2D eigenvalue weighted by molar-refractivity contribution is 0.385. The molecule has 0 aliphatic carbocycles. The summed E-state index contributed by atoms with van der Waals surface area (Å²) in [4.78, 5) is 14.7. The molecule has 5 aromatic rings.